The van der Waals surface area contributed by atoms with Crippen LogP contribution in [0.25, 0.3) is 0 Å². The van der Waals surface area contributed by atoms with Crippen LogP contribution in [-0.2, 0) is 6.18 Å². The number of benzene rings is 1. The molecule has 1 aromatic heterocycles. The van der Waals surface area contributed by atoms with Gasteiger partial charge in [0.25, 0.3) is 0 Å². The highest BCUT2D eigenvalue weighted by molar-refractivity contribution is 5.49. The normalized spacial score (nSPS) is 16.4. The maximum Gasteiger partial charge on any atom is 0.416 e. The summed E-state index contributed by atoms with van der Waals surface area (Å²) in [6.45, 7) is 1.40. The number of halogens is 3. The first kappa shape index (κ1) is 15.6. The first-order valence-corrected chi connectivity index (χ1v) is 7.48. The van der Waals surface area contributed by atoms with Crippen LogP contribution < -0.4 is 10.2 Å². The summed E-state index contributed by atoms with van der Waals surface area (Å²) in [6, 6.07) is 7.49. The second-order valence-corrected chi connectivity index (χ2v) is 5.53. The molecular weight excluding hydrogens is 305 g/mol. The lowest BCUT2D eigenvalue weighted by Crippen LogP contribution is -2.39. The minimum Gasteiger partial charge on any atom is -0.371 e. The van der Waals surface area contributed by atoms with E-state index in [-0.39, 0.29) is 6.04 Å². The zero-order chi connectivity index (χ0) is 16.3. The number of anilines is 2. The van der Waals surface area contributed by atoms with Crippen LogP contribution in [-0.4, -0.2) is 29.1 Å². The van der Waals surface area contributed by atoms with Crippen molar-refractivity contribution in [1.82, 2.24) is 9.97 Å². The molecule has 1 fully saturated rings. The highest BCUT2D eigenvalue weighted by Crippen LogP contribution is 2.32. The molecule has 1 saturated heterocycles. The van der Waals surface area contributed by atoms with Crippen molar-refractivity contribution in [2.24, 2.45) is 0 Å². The maximum atomic E-state index is 12.8. The molecule has 2 aromatic rings. The van der Waals surface area contributed by atoms with Crippen molar-refractivity contribution in [3.05, 3.63) is 48.3 Å². The SMILES string of the molecule is FC(F)(F)c1cccc(N2CCC(Nc3ncccn3)CC2)c1. The Balaban J connectivity index is 1.61. The number of aromatic nitrogens is 2. The second kappa shape index (κ2) is 6.44. The number of alkyl halides is 3. The Morgan fingerprint density at radius 1 is 1.04 bits per heavy atom. The van der Waals surface area contributed by atoms with Gasteiger partial charge in [-0.15, -0.1) is 0 Å². The van der Waals surface area contributed by atoms with E-state index in [1.165, 1.54) is 12.1 Å². The molecule has 2 heterocycles. The smallest absolute Gasteiger partial charge is 0.371 e. The third-order valence-corrected chi connectivity index (χ3v) is 3.93. The van der Waals surface area contributed by atoms with Crippen LogP contribution in [0.2, 0.25) is 0 Å². The Morgan fingerprint density at radius 3 is 2.39 bits per heavy atom. The Morgan fingerprint density at radius 2 is 1.74 bits per heavy atom. The summed E-state index contributed by atoms with van der Waals surface area (Å²) in [6.07, 6.45) is 0.698. The van der Waals surface area contributed by atoms with Gasteiger partial charge in [-0.1, -0.05) is 6.07 Å². The second-order valence-electron chi connectivity index (χ2n) is 5.53. The van der Waals surface area contributed by atoms with Crippen LogP contribution in [0.5, 0.6) is 0 Å². The molecule has 0 atom stereocenters. The molecule has 1 aliphatic heterocycles. The fourth-order valence-electron chi connectivity index (χ4n) is 2.72. The predicted octanol–water partition coefficient (Wildman–Crippen LogP) is 3.58. The van der Waals surface area contributed by atoms with E-state index in [1.807, 2.05) is 4.90 Å². The van der Waals surface area contributed by atoms with E-state index in [2.05, 4.69) is 15.3 Å². The zero-order valence-corrected chi connectivity index (χ0v) is 12.4. The van der Waals surface area contributed by atoms with Crippen molar-refractivity contribution in [2.45, 2.75) is 25.1 Å². The van der Waals surface area contributed by atoms with Crippen molar-refractivity contribution in [3.8, 4) is 0 Å². The third kappa shape index (κ3) is 3.91. The summed E-state index contributed by atoms with van der Waals surface area (Å²) in [5.74, 6) is 0.588. The molecule has 7 heteroatoms. The molecule has 0 saturated carbocycles. The van der Waals surface area contributed by atoms with Crippen LogP contribution in [0.3, 0.4) is 0 Å². The fourth-order valence-corrected chi connectivity index (χ4v) is 2.72. The molecule has 0 unspecified atom stereocenters. The number of hydrogen-bond donors (Lipinski definition) is 1. The van der Waals surface area contributed by atoms with Gasteiger partial charge in [0.2, 0.25) is 5.95 Å². The Hall–Kier alpha value is -2.31. The van der Waals surface area contributed by atoms with Crippen molar-refractivity contribution in [3.63, 3.8) is 0 Å². The van der Waals surface area contributed by atoms with Gasteiger partial charge >= 0.3 is 6.18 Å². The number of piperidine rings is 1. The first-order valence-electron chi connectivity index (χ1n) is 7.48. The highest BCUT2D eigenvalue weighted by atomic mass is 19.4. The average Bonchev–Trinajstić information content (AvgIpc) is 2.56. The Labute approximate surface area is 132 Å². The van der Waals surface area contributed by atoms with Crippen molar-refractivity contribution >= 4 is 11.6 Å². The van der Waals surface area contributed by atoms with Gasteiger partial charge in [0.15, 0.2) is 0 Å². The van der Waals surface area contributed by atoms with E-state index in [1.54, 1.807) is 24.5 Å². The van der Waals surface area contributed by atoms with Crippen LogP contribution >= 0.6 is 0 Å². The van der Waals surface area contributed by atoms with Crippen LogP contribution in [0.15, 0.2) is 42.7 Å². The molecule has 0 amide bonds. The monoisotopic (exact) mass is 322 g/mol. The summed E-state index contributed by atoms with van der Waals surface area (Å²) >= 11 is 0. The molecule has 0 spiro atoms. The average molecular weight is 322 g/mol. The van der Waals surface area contributed by atoms with Crippen molar-refractivity contribution in [1.29, 1.82) is 0 Å². The third-order valence-electron chi connectivity index (χ3n) is 3.93. The van der Waals surface area contributed by atoms with Gasteiger partial charge < -0.3 is 10.2 Å². The standard InChI is InChI=1S/C16H17F3N4/c17-16(18,19)12-3-1-4-14(11-12)23-9-5-13(6-10-23)22-15-20-7-2-8-21-15/h1-4,7-8,11,13H,5-6,9-10H2,(H,20,21,22). The lowest BCUT2D eigenvalue weighted by atomic mass is 10.0. The molecule has 0 bridgehead atoms. The molecule has 1 aliphatic rings. The summed E-state index contributed by atoms with van der Waals surface area (Å²) < 4.78 is 38.4. The first-order chi connectivity index (χ1) is 11.0. The topological polar surface area (TPSA) is 41.0 Å². The van der Waals surface area contributed by atoms with E-state index < -0.39 is 11.7 Å². The minimum absolute atomic E-state index is 0.236. The summed E-state index contributed by atoms with van der Waals surface area (Å²) in [7, 11) is 0. The molecule has 0 radical (unpaired) electrons. The minimum atomic E-state index is -4.31. The number of nitrogens with zero attached hydrogens (tertiary/aromatic N) is 3. The van der Waals surface area contributed by atoms with Gasteiger partial charge in [-0.3, -0.25) is 0 Å². The van der Waals surface area contributed by atoms with Gasteiger partial charge in [-0.05, 0) is 37.1 Å². The maximum absolute atomic E-state index is 12.8. The largest absolute Gasteiger partial charge is 0.416 e. The molecular formula is C16H17F3N4. The lowest BCUT2D eigenvalue weighted by molar-refractivity contribution is -0.137. The fraction of sp³-hybridized carbons (Fsp3) is 0.375. The molecule has 1 aromatic carbocycles. The van der Waals surface area contributed by atoms with Crippen LogP contribution in [0, 0.1) is 0 Å². The number of nitrogens with one attached hydrogen (secondary N) is 1. The quantitative estimate of drug-likeness (QED) is 0.938. The van der Waals surface area contributed by atoms with Crippen molar-refractivity contribution < 1.29 is 13.2 Å². The van der Waals surface area contributed by atoms with Gasteiger partial charge in [0.1, 0.15) is 0 Å². The van der Waals surface area contributed by atoms with Gasteiger partial charge in [-0.2, -0.15) is 13.2 Å². The van der Waals surface area contributed by atoms with Gasteiger partial charge in [0.05, 0.1) is 5.56 Å². The Kier molecular flexibility index (Phi) is 4.36. The summed E-state index contributed by atoms with van der Waals surface area (Å²) in [5, 5.41) is 3.26. The molecule has 122 valence electrons. The van der Waals surface area contributed by atoms with E-state index in [9.17, 15) is 13.2 Å². The number of rotatable bonds is 3. The van der Waals surface area contributed by atoms with Gasteiger partial charge in [0, 0.05) is 37.2 Å². The van der Waals surface area contributed by atoms with Crippen molar-refractivity contribution in [2.75, 3.05) is 23.3 Å². The Bertz CT molecular complexity index is 637. The predicted molar refractivity (Wildman–Crippen MR) is 82.3 cm³/mol. The van der Waals surface area contributed by atoms with E-state index in [0.29, 0.717) is 24.7 Å². The number of hydrogen-bond acceptors (Lipinski definition) is 4. The molecule has 0 aliphatic carbocycles. The molecule has 23 heavy (non-hydrogen) atoms. The zero-order valence-electron chi connectivity index (χ0n) is 12.4. The van der Waals surface area contributed by atoms with Gasteiger partial charge in [-0.25, -0.2) is 9.97 Å². The highest BCUT2D eigenvalue weighted by Gasteiger charge is 2.31. The van der Waals surface area contributed by atoms with Crippen LogP contribution in [0.4, 0.5) is 24.8 Å². The summed E-state index contributed by atoms with van der Waals surface area (Å²) in [4.78, 5) is 10.2. The lowest BCUT2D eigenvalue weighted by Gasteiger charge is -2.34. The van der Waals surface area contributed by atoms with E-state index in [4.69, 9.17) is 0 Å². The molecule has 1 N–H and O–H groups in total. The van der Waals surface area contributed by atoms with Crippen LogP contribution in [0.1, 0.15) is 18.4 Å². The molecule has 4 nitrogen and oxygen atoms in total. The summed E-state index contributed by atoms with van der Waals surface area (Å²) in [5.41, 5.74) is 0.0159. The van der Waals surface area contributed by atoms with E-state index in [0.717, 1.165) is 18.9 Å². The van der Waals surface area contributed by atoms with E-state index >= 15 is 0 Å². The molecule has 3 rings (SSSR count).